The van der Waals surface area contributed by atoms with Crippen LogP contribution in [0.4, 0.5) is 0 Å². The third-order valence-electron chi connectivity index (χ3n) is 6.49. The number of hydrogen-bond acceptors (Lipinski definition) is 6. The number of hydrogen-bond donors (Lipinski definition) is 2. The summed E-state index contributed by atoms with van der Waals surface area (Å²) in [6.45, 7) is 5.56. The van der Waals surface area contributed by atoms with Crippen molar-refractivity contribution in [1.82, 2.24) is 14.9 Å². The first-order chi connectivity index (χ1) is 16.5. The van der Waals surface area contributed by atoms with Crippen LogP contribution in [0.2, 0.25) is 0 Å². The number of nitrogens with zero attached hydrogens (tertiary/aromatic N) is 2. The van der Waals surface area contributed by atoms with E-state index in [2.05, 4.69) is 9.97 Å². The fourth-order valence-electron chi connectivity index (χ4n) is 4.15. The number of fused-ring (bicyclic) bond motifs is 3. The first-order valence-electron chi connectivity index (χ1n) is 11.6. The smallest absolute Gasteiger partial charge is 0.206 e. The zero-order valence-corrected chi connectivity index (χ0v) is 21.5. The molecule has 2 heterocycles. The zero-order chi connectivity index (χ0) is 25.5. The SMILES string of the molecule is CCS(=O)(=O)c1cccc(-c2cc(C(=O)C(=N)CC(C)N(C)C)cc3[nH]c4ncc(C)cc4c23)c1. The maximum absolute atomic E-state index is 13.3. The molecule has 0 spiro atoms. The maximum atomic E-state index is 13.3. The van der Waals surface area contributed by atoms with Gasteiger partial charge in [0.2, 0.25) is 5.78 Å². The highest BCUT2D eigenvalue weighted by atomic mass is 32.2. The Morgan fingerprint density at radius 3 is 2.60 bits per heavy atom. The molecule has 8 heteroatoms. The fraction of sp³-hybridized carbons (Fsp3) is 0.296. The number of aromatic amines is 1. The minimum absolute atomic E-state index is 0.00180. The predicted octanol–water partition coefficient (Wildman–Crippen LogP) is 5.03. The molecular weight excluding hydrogens is 460 g/mol. The Balaban J connectivity index is 1.95. The minimum Gasteiger partial charge on any atom is -0.339 e. The monoisotopic (exact) mass is 490 g/mol. The van der Waals surface area contributed by atoms with Crippen molar-refractivity contribution in [3.8, 4) is 11.1 Å². The number of nitrogens with one attached hydrogen (secondary N) is 2. The van der Waals surface area contributed by atoms with Crippen LogP contribution in [0.1, 0.15) is 36.2 Å². The van der Waals surface area contributed by atoms with E-state index in [1.165, 1.54) is 0 Å². The number of aryl methyl sites for hydroxylation is 1. The molecule has 2 N–H and O–H groups in total. The van der Waals surface area contributed by atoms with Crippen LogP contribution in [-0.2, 0) is 9.84 Å². The lowest BCUT2D eigenvalue weighted by atomic mass is 9.93. The van der Waals surface area contributed by atoms with Crippen LogP contribution in [0.5, 0.6) is 0 Å². The minimum atomic E-state index is -3.41. The van der Waals surface area contributed by atoms with E-state index in [-0.39, 0.29) is 28.2 Å². The number of carbonyl (C=O) groups excluding carboxylic acids is 1. The summed E-state index contributed by atoms with van der Waals surface area (Å²) in [7, 11) is 0.435. The van der Waals surface area contributed by atoms with Gasteiger partial charge < -0.3 is 15.3 Å². The largest absolute Gasteiger partial charge is 0.339 e. The summed E-state index contributed by atoms with van der Waals surface area (Å²) in [5.74, 6) is -0.344. The van der Waals surface area contributed by atoms with E-state index in [0.29, 0.717) is 23.2 Å². The molecule has 0 saturated carbocycles. The lowest BCUT2D eigenvalue weighted by molar-refractivity contribution is 0.106. The average Bonchev–Trinajstić information content (AvgIpc) is 3.20. The molecule has 0 aliphatic rings. The van der Waals surface area contributed by atoms with Crippen molar-refractivity contribution in [2.75, 3.05) is 19.8 Å². The Hall–Kier alpha value is -3.36. The van der Waals surface area contributed by atoms with Crippen molar-refractivity contribution in [2.24, 2.45) is 0 Å². The Labute approximate surface area is 205 Å². The molecule has 0 amide bonds. The number of pyridine rings is 1. The highest BCUT2D eigenvalue weighted by Gasteiger charge is 2.21. The molecule has 7 nitrogen and oxygen atoms in total. The molecule has 0 saturated heterocycles. The quantitative estimate of drug-likeness (QED) is 0.266. The number of benzene rings is 2. The second-order valence-corrected chi connectivity index (χ2v) is 11.5. The van der Waals surface area contributed by atoms with E-state index in [1.807, 2.05) is 45.0 Å². The third kappa shape index (κ3) is 4.76. The van der Waals surface area contributed by atoms with Gasteiger partial charge in [-0.15, -0.1) is 0 Å². The van der Waals surface area contributed by atoms with Gasteiger partial charge in [0.25, 0.3) is 0 Å². The zero-order valence-electron chi connectivity index (χ0n) is 20.6. The van der Waals surface area contributed by atoms with E-state index < -0.39 is 9.84 Å². The number of rotatable bonds is 8. The molecule has 4 rings (SSSR count). The lowest BCUT2D eigenvalue weighted by Crippen LogP contribution is -2.29. The fourth-order valence-corrected chi connectivity index (χ4v) is 5.07. The van der Waals surface area contributed by atoms with E-state index in [0.717, 1.165) is 27.4 Å². The van der Waals surface area contributed by atoms with Crippen molar-refractivity contribution in [3.05, 3.63) is 59.8 Å². The van der Waals surface area contributed by atoms with Gasteiger partial charge in [-0.1, -0.05) is 19.1 Å². The molecule has 0 aliphatic heterocycles. The third-order valence-corrected chi connectivity index (χ3v) is 8.22. The number of sulfone groups is 1. The van der Waals surface area contributed by atoms with E-state index >= 15 is 0 Å². The molecular formula is C27H30N4O3S. The van der Waals surface area contributed by atoms with Gasteiger partial charge in [0.15, 0.2) is 9.84 Å². The molecule has 2 aromatic carbocycles. The number of H-pyrrole nitrogens is 1. The molecule has 182 valence electrons. The van der Waals surface area contributed by atoms with Gasteiger partial charge in [0, 0.05) is 40.5 Å². The summed E-state index contributed by atoms with van der Waals surface area (Å²) in [6, 6.07) is 12.4. The normalized spacial score (nSPS) is 13.0. The Morgan fingerprint density at radius 1 is 1.17 bits per heavy atom. The van der Waals surface area contributed by atoms with Crippen molar-refractivity contribution in [3.63, 3.8) is 0 Å². The molecule has 35 heavy (non-hydrogen) atoms. The van der Waals surface area contributed by atoms with Gasteiger partial charge in [-0.25, -0.2) is 13.4 Å². The van der Waals surface area contributed by atoms with Gasteiger partial charge >= 0.3 is 0 Å². The number of aromatic nitrogens is 2. The Morgan fingerprint density at radius 2 is 1.91 bits per heavy atom. The molecule has 1 atom stereocenters. The van der Waals surface area contributed by atoms with Gasteiger partial charge in [0.1, 0.15) is 5.65 Å². The number of carbonyl (C=O) groups is 1. The lowest BCUT2D eigenvalue weighted by Gasteiger charge is -2.19. The summed E-state index contributed by atoms with van der Waals surface area (Å²) >= 11 is 0. The number of ketones is 1. The Bertz CT molecular complexity index is 1570. The van der Waals surface area contributed by atoms with Crippen LogP contribution in [0.3, 0.4) is 0 Å². The van der Waals surface area contributed by atoms with Crippen LogP contribution in [-0.4, -0.2) is 60.7 Å². The van der Waals surface area contributed by atoms with Crippen LogP contribution >= 0.6 is 0 Å². The van der Waals surface area contributed by atoms with Gasteiger partial charge in [-0.3, -0.25) is 4.79 Å². The second-order valence-electron chi connectivity index (χ2n) is 9.24. The van der Waals surface area contributed by atoms with Crippen LogP contribution in [0.25, 0.3) is 33.1 Å². The van der Waals surface area contributed by atoms with Gasteiger partial charge in [0.05, 0.1) is 16.4 Å². The van der Waals surface area contributed by atoms with Gasteiger partial charge in [-0.05, 0) is 75.0 Å². The molecule has 0 bridgehead atoms. The first-order valence-corrected chi connectivity index (χ1v) is 13.2. The summed E-state index contributed by atoms with van der Waals surface area (Å²) < 4.78 is 25.1. The predicted molar refractivity (Wildman–Crippen MR) is 141 cm³/mol. The highest BCUT2D eigenvalue weighted by molar-refractivity contribution is 7.91. The molecule has 0 fully saturated rings. The standard InChI is InChI=1S/C27H30N4O3S/c1-6-35(33,34)20-9-7-8-18(12-20)21-13-19(26(32)23(28)11-17(3)31(4)5)14-24-25(21)22-10-16(2)15-29-27(22)30-24/h7-10,12-15,17,28H,6,11H2,1-5H3,(H,29,30). The summed E-state index contributed by atoms with van der Waals surface area (Å²) in [4.78, 5) is 23.3. The molecule has 0 radical (unpaired) electrons. The number of Topliss-reactive ketones (excluding diaryl/α,β-unsaturated/α-hetero) is 1. The van der Waals surface area contributed by atoms with Crippen molar-refractivity contribution < 1.29 is 13.2 Å². The van der Waals surface area contributed by atoms with Crippen molar-refractivity contribution >= 4 is 43.3 Å². The maximum Gasteiger partial charge on any atom is 0.206 e. The highest BCUT2D eigenvalue weighted by Crippen LogP contribution is 2.36. The van der Waals surface area contributed by atoms with Crippen LogP contribution < -0.4 is 0 Å². The molecule has 1 unspecified atom stereocenters. The summed E-state index contributed by atoms with van der Waals surface area (Å²) in [5.41, 5.74) is 4.23. The van der Waals surface area contributed by atoms with Crippen molar-refractivity contribution in [1.29, 1.82) is 5.41 Å². The van der Waals surface area contributed by atoms with E-state index in [1.54, 1.807) is 43.5 Å². The average molecular weight is 491 g/mol. The molecule has 4 aromatic rings. The molecule has 0 aliphatic carbocycles. The van der Waals surface area contributed by atoms with E-state index in [9.17, 15) is 13.2 Å². The second kappa shape index (κ2) is 9.36. The topological polar surface area (TPSA) is 107 Å². The summed E-state index contributed by atoms with van der Waals surface area (Å²) in [5, 5.41) is 10.2. The van der Waals surface area contributed by atoms with Crippen LogP contribution in [0, 0.1) is 12.3 Å². The molecule has 2 aromatic heterocycles. The first kappa shape index (κ1) is 24.8. The Kier molecular flexibility index (Phi) is 6.62. The summed E-state index contributed by atoms with van der Waals surface area (Å²) in [6.07, 6.45) is 2.10. The van der Waals surface area contributed by atoms with Gasteiger partial charge in [-0.2, -0.15) is 0 Å². The van der Waals surface area contributed by atoms with E-state index in [4.69, 9.17) is 5.41 Å². The van der Waals surface area contributed by atoms with Crippen molar-refractivity contribution in [2.45, 2.75) is 38.1 Å². The van der Waals surface area contributed by atoms with Crippen LogP contribution in [0.15, 0.2) is 53.6 Å².